The largest absolute Gasteiger partial charge is 0.364 e. The fourth-order valence-corrected chi connectivity index (χ4v) is 2.49. The molecular formula is C15H16ClN5. The number of halogens is 1. The molecule has 3 rings (SSSR count). The van der Waals surface area contributed by atoms with Crippen molar-refractivity contribution < 1.29 is 0 Å². The van der Waals surface area contributed by atoms with Crippen molar-refractivity contribution in [3.63, 3.8) is 0 Å². The molecule has 6 heteroatoms. The summed E-state index contributed by atoms with van der Waals surface area (Å²) in [5.41, 5.74) is 3.87. The lowest BCUT2D eigenvalue weighted by Crippen LogP contribution is -2.05. The number of aromatic nitrogens is 4. The highest BCUT2D eigenvalue weighted by Gasteiger charge is 2.13. The summed E-state index contributed by atoms with van der Waals surface area (Å²) in [4.78, 5) is 8.97. The lowest BCUT2D eigenvalue weighted by Gasteiger charge is -2.09. The molecule has 108 valence electrons. The topological polar surface area (TPSA) is 55.6 Å². The Morgan fingerprint density at radius 3 is 2.57 bits per heavy atom. The van der Waals surface area contributed by atoms with Gasteiger partial charge in [0.2, 0.25) is 0 Å². The van der Waals surface area contributed by atoms with Crippen LogP contribution < -0.4 is 5.32 Å². The van der Waals surface area contributed by atoms with Crippen molar-refractivity contribution in [3.8, 4) is 0 Å². The molecule has 0 radical (unpaired) electrons. The number of nitrogens with zero attached hydrogens (tertiary/aromatic N) is 4. The van der Waals surface area contributed by atoms with Gasteiger partial charge in [-0.05, 0) is 31.5 Å². The van der Waals surface area contributed by atoms with E-state index in [1.165, 1.54) is 0 Å². The smallest absolute Gasteiger partial charge is 0.156 e. The van der Waals surface area contributed by atoms with Crippen molar-refractivity contribution in [1.29, 1.82) is 0 Å². The Morgan fingerprint density at radius 1 is 1.14 bits per heavy atom. The van der Waals surface area contributed by atoms with E-state index in [1.54, 1.807) is 0 Å². The van der Waals surface area contributed by atoms with Crippen molar-refractivity contribution >= 4 is 28.5 Å². The minimum absolute atomic E-state index is 0.674. The van der Waals surface area contributed by atoms with Crippen LogP contribution in [-0.2, 0) is 13.6 Å². The molecule has 0 spiro atoms. The number of aryl methyl sites for hydroxylation is 3. The van der Waals surface area contributed by atoms with E-state index >= 15 is 0 Å². The van der Waals surface area contributed by atoms with Gasteiger partial charge in [0.15, 0.2) is 5.82 Å². The quantitative estimate of drug-likeness (QED) is 0.807. The highest BCUT2D eigenvalue weighted by molar-refractivity contribution is 6.30. The number of benzene rings is 1. The van der Waals surface area contributed by atoms with Gasteiger partial charge in [0, 0.05) is 18.6 Å². The van der Waals surface area contributed by atoms with Gasteiger partial charge in [-0.25, -0.2) is 9.97 Å². The second-order valence-corrected chi connectivity index (χ2v) is 5.44. The fraction of sp³-hybridized carbons (Fsp3) is 0.267. The van der Waals surface area contributed by atoms with E-state index in [9.17, 15) is 0 Å². The summed E-state index contributed by atoms with van der Waals surface area (Å²) in [6.45, 7) is 4.52. The third-order valence-electron chi connectivity index (χ3n) is 3.34. The van der Waals surface area contributed by atoms with Gasteiger partial charge in [-0.1, -0.05) is 23.7 Å². The summed E-state index contributed by atoms with van der Waals surface area (Å²) < 4.78 is 1.81. The standard InChI is InChI=1S/C15H16ClN5/c1-9-13-14(21(3)20-9)15(19-10(2)18-13)17-8-11-4-6-12(16)7-5-11/h4-7H,8H2,1-3H3,(H,17,18,19). The molecule has 0 unspecified atom stereocenters. The molecule has 0 saturated heterocycles. The Balaban J connectivity index is 1.94. The molecular weight excluding hydrogens is 286 g/mol. The van der Waals surface area contributed by atoms with Crippen LogP contribution in [0.3, 0.4) is 0 Å². The summed E-state index contributed by atoms with van der Waals surface area (Å²) in [5, 5.41) is 8.52. The zero-order valence-electron chi connectivity index (χ0n) is 12.2. The van der Waals surface area contributed by atoms with Crippen LogP contribution in [0.15, 0.2) is 24.3 Å². The van der Waals surface area contributed by atoms with Gasteiger partial charge in [-0.3, -0.25) is 4.68 Å². The molecule has 2 aromatic heterocycles. The maximum atomic E-state index is 5.90. The second-order valence-electron chi connectivity index (χ2n) is 5.01. The van der Waals surface area contributed by atoms with E-state index in [2.05, 4.69) is 20.4 Å². The van der Waals surface area contributed by atoms with Gasteiger partial charge < -0.3 is 5.32 Å². The summed E-state index contributed by atoms with van der Waals surface area (Å²) >= 11 is 5.90. The van der Waals surface area contributed by atoms with E-state index in [0.717, 1.165) is 39.0 Å². The highest BCUT2D eigenvalue weighted by atomic mass is 35.5. The fourth-order valence-electron chi connectivity index (χ4n) is 2.36. The molecule has 0 aliphatic rings. The van der Waals surface area contributed by atoms with Crippen molar-refractivity contribution in [2.24, 2.45) is 7.05 Å². The number of rotatable bonds is 3. The monoisotopic (exact) mass is 301 g/mol. The van der Waals surface area contributed by atoms with Crippen molar-refractivity contribution in [2.45, 2.75) is 20.4 Å². The van der Waals surface area contributed by atoms with Crippen LogP contribution in [0.5, 0.6) is 0 Å². The van der Waals surface area contributed by atoms with E-state index < -0.39 is 0 Å². The highest BCUT2D eigenvalue weighted by Crippen LogP contribution is 2.23. The van der Waals surface area contributed by atoms with Crippen LogP contribution in [0.2, 0.25) is 5.02 Å². The molecule has 0 aliphatic heterocycles. The van der Waals surface area contributed by atoms with E-state index in [0.29, 0.717) is 6.54 Å². The Labute approximate surface area is 128 Å². The van der Waals surface area contributed by atoms with Gasteiger partial charge in [0.05, 0.1) is 5.69 Å². The predicted molar refractivity (Wildman–Crippen MR) is 84.6 cm³/mol. The number of nitrogens with one attached hydrogen (secondary N) is 1. The van der Waals surface area contributed by atoms with Gasteiger partial charge in [0.1, 0.15) is 16.9 Å². The molecule has 1 N–H and O–H groups in total. The van der Waals surface area contributed by atoms with Crippen LogP contribution in [0.1, 0.15) is 17.1 Å². The minimum atomic E-state index is 0.674. The number of hydrogen-bond acceptors (Lipinski definition) is 4. The Hall–Kier alpha value is -2.14. The Morgan fingerprint density at radius 2 is 1.86 bits per heavy atom. The third-order valence-corrected chi connectivity index (χ3v) is 3.59. The zero-order valence-corrected chi connectivity index (χ0v) is 12.9. The molecule has 5 nitrogen and oxygen atoms in total. The summed E-state index contributed by atoms with van der Waals surface area (Å²) in [6, 6.07) is 7.76. The maximum Gasteiger partial charge on any atom is 0.156 e. The second kappa shape index (κ2) is 5.33. The summed E-state index contributed by atoms with van der Waals surface area (Å²) in [6.07, 6.45) is 0. The van der Waals surface area contributed by atoms with Crippen LogP contribution in [-0.4, -0.2) is 19.7 Å². The molecule has 0 bridgehead atoms. The van der Waals surface area contributed by atoms with Gasteiger partial charge in [-0.15, -0.1) is 0 Å². The SMILES string of the molecule is Cc1nc(NCc2ccc(Cl)cc2)c2c(n1)c(C)nn2C. The normalized spacial score (nSPS) is 11.0. The first-order chi connectivity index (χ1) is 10.0. The number of hydrogen-bond donors (Lipinski definition) is 1. The van der Waals surface area contributed by atoms with E-state index in [4.69, 9.17) is 11.6 Å². The first-order valence-corrected chi connectivity index (χ1v) is 7.08. The van der Waals surface area contributed by atoms with Crippen molar-refractivity contribution in [3.05, 3.63) is 46.4 Å². The molecule has 21 heavy (non-hydrogen) atoms. The first kappa shape index (κ1) is 13.8. The molecule has 0 fully saturated rings. The molecule has 0 amide bonds. The van der Waals surface area contributed by atoms with Gasteiger partial charge >= 0.3 is 0 Å². The average Bonchev–Trinajstić information content (AvgIpc) is 2.73. The number of fused-ring (bicyclic) bond motifs is 1. The Bertz CT molecular complexity index is 792. The predicted octanol–water partition coefficient (Wildman–Crippen LogP) is 3.25. The maximum absolute atomic E-state index is 5.90. The van der Waals surface area contributed by atoms with E-state index in [1.807, 2.05) is 49.8 Å². The van der Waals surface area contributed by atoms with Crippen LogP contribution in [0.4, 0.5) is 5.82 Å². The van der Waals surface area contributed by atoms with Crippen LogP contribution >= 0.6 is 11.6 Å². The molecule has 1 aromatic carbocycles. The van der Waals surface area contributed by atoms with Crippen molar-refractivity contribution in [1.82, 2.24) is 19.7 Å². The van der Waals surface area contributed by atoms with Crippen LogP contribution in [0, 0.1) is 13.8 Å². The molecule has 3 aromatic rings. The average molecular weight is 302 g/mol. The Kier molecular flexibility index (Phi) is 3.51. The van der Waals surface area contributed by atoms with Gasteiger partial charge in [0.25, 0.3) is 0 Å². The third kappa shape index (κ3) is 2.69. The molecule has 0 atom stereocenters. The lowest BCUT2D eigenvalue weighted by molar-refractivity contribution is 0.782. The molecule has 0 aliphatic carbocycles. The van der Waals surface area contributed by atoms with Crippen LogP contribution in [0.25, 0.3) is 11.0 Å². The first-order valence-electron chi connectivity index (χ1n) is 6.71. The minimum Gasteiger partial charge on any atom is -0.364 e. The van der Waals surface area contributed by atoms with E-state index in [-0.39, 0.29) is 0 Å². The summed E-state index contributed by atoms with van der Waals surface area (Å²) in [7, 11) is 1.90. The number of anilines is 1. The molecule has 2 heterocycles. The van der Waals surface area contributed by atoms with Gasteiger partial charge in [-0.2, -0.15) is 5.10 Å². The lowest BCUT2D eigenvalue weighted by atomic mass is 10.2. The molecule has 0 saturated carbocycles. The summed E-state index contributed by atoms with van der Waals surface area (Å²) in [5.74, 6) is 1.53. The van der Waals surface area contributed by atoms with Crippen molar-refractivity contribution in [2.75, 3.05) is 5.32 Å². The zero-order chi connectivity index (χ0) is 15.0.